The molecule has 8 N–H and O–H groups in total. The molecule has 1 unspecified atom stereocenters. The first kappa shape index (κ1) is 14.4. The second-order valence-corrected chi connectivity index (χ2v) is 3.08. The van der Waals surface area contributed by atoms with Crippen molar-refractivity contribution in [1.29, 1.82) is 0 Å². The zero-order valence-corrected chi connectivity index (χ0v) is 8.75. The molecule has 0 aliphatic heterocycles. The molecule has 0 saturated carbocycles. The van der Waals surface area contributed by atoms with Crippen LogP contribution in [0.5, 0.6) is 0 Å². The molecule has 16 heavy (non-hydrogen) atoms. The molecule has 0 aliphatic carbocycles. The first-order chi connectivity index (χ1) is 7.18. The molecule has 0 fully saturated rings. The Labute approximate surface area is 91.4 Å². The fraction of sp³-hybridized carbons (Fsp3) is 0.333. The van der Waals surface area contributed by atoms with E-state index >= 15 is 0 Å². The topological polar surface area (TPSA) is 104 Å². The van der Waals surface area contributed by atoms with Crippen molar-refractivity contribution in [2.75, 3.05) is 0 Å². The van der Waals surface area contributed by atoms with Crippen LogP contribution in [0.4, 0.5) is 13.2 Å². The molecular formula is C9H15F3N4. The summed E-state index contributed by atoms with van der Waals surface area (Å²) in [6, 6.07) is -2.15. The molecule has 92 valence electrons. The quantitative estimate of drug-likeness (QED) is 0.533. The summed E-state index contributed by atoms with van der Waals surface area (Å²) in [5.41, 5.74) is 21.0. The van der Waals surface area contributed by atoms with E-state index in [0.717, 1.165) is 0 Å². The second kappa shape index (κ2) is 5.45. The zero-order chi connectivity index (χ0) is 12.9. The van der Waals surface area contributed by atoms with Gasteiger partial charge in [0.15, 0.2) is 0 Å². The number of nitrogens with two attached hydrogens (primary N) is 4. The summed E-state index contributed by atoms with van der Waals surface area (Å²) >= 11 is 0. The third-order valence-electron chi connectivity index (χ3n) is 1.73. The molecule has 0 aromatic heterocycles. The van der Waals surface area contributed by atoms with Crippen LogP contribution >= 0.6 is 0 Å². The summed E-state index contributed by atoms with van der Waals surface area (Å²) in [5.74, 6) is 0. The molecule has 0 spiro atoms. The summed E-state index contributed by atoms with van der Waals surface area (Å²) < 4.78 is 36.2. The predicted molar refractivity (Wildman–Crippen MR) is 56.5 cm³/mol. The smallest absolute Gasteiger partial charge is 0.399 e. The lowest BCUT2D eigenvalue weighted by atomic mass is 10.2. The summed E-state index contributed by atoms with van der Waals surface area (Å²) in [6.45, 7) is 1.65. The monoisotopic (exact) mass is 236 g/mol. The predicted octanol–water partition coefficient (Wildman–Crippen LogP) is 0.424. The Bertz CT molecular complexity index is 328. The van der Waals surface area contributed by atoms with E-state index in [0.29, 0.717) is 11.8 Å². The number of hydrogen-bond acceptors (Lipinski definition) is 4. The van der Waals surface area contributed by atoms with Gasteiger partial charge in [-0.1, -0.05) is 6.08 Å². The summed E-state index contributed by atoms with van der Waals surface area (Å²) in [5, 5.41) is 0. The van der Waals surface area contributed by atoms with Crippen LogP contribution in [0.2, 0.25) is 0 Å². The van der Waals surface area contributed by atoms with Crippen molar-refractivity contribution in [2.45, 2.75) is 19.1 Å². The molecule has 1 atom stereocenters. The Hall–Kier alpha value is -1.63. The van der Waals surface area contributed by atoms with E-state index in [4.69, 9.17) is 22.9 Å². The molecule has 0 aromatic carbocycles. The minimum absolute atomic E-state index is 0.0599. The highest BCUT2D eigenvalue weighted by atomic mass is 19.4. The van der Waals surface area contributed by atoms with Gasteiger partial charge in [-0.15, -0.1) is 0 Å². The largest absolute Gasteiger partial charge is 0.407 e. The third kappa shape index (κ3) is 4.74. The average Bonchev–Trinajstić information content (AvgIpc) is 2.15. The Morgan fingerprint density at radius 1 is 1.12 bits per heavy atom. The van der Waals surface area contributed by atoms with Crippen molar-refractivity contribution in [3.05, 3.63) is 35.3 Å². The van der Waals surface area contributed by atoms with Crippen LogP contribution in [0.15, 0.2) is 35.3 Å². The maximum Gasteiger partial charge on any atom is 0.407 e. The minimum Gasteiger partial charge on any atom is -0.399 e. The van der Waals surface area contributed by atoms with Gasteiger partial charge in [0.1, 0.15) is 6.04 Å². The van der Waals surface area contributed by atoms with E-state index in [1.807, 2.05) is 0 Å². The van der Waals surface area contributed by atoms with Gasteiger partial charge in [0.05, 0.1) is 11.4 Å². The number of rotatable bonds is 3. The lowest BCUT2D eigenvalue weighted by molar-refractivity contribution is -0.137. The van der Waals surface area contributed by atoms with Gasteiger partial charge in [0.2, 0.25) is 0 Å². The van der Waals surface area contributed by atoms with Gasteiger partial charge in [-0.3, -0.25) is 0 Å². The standard InChI is InChI=1S/C9H15F3N4/c1-2-5(13)3-6(14)7(15)4-8(16)9(10,11)12/h2-4,8H,13-16H2,1H3/b5-2+,6-3+,7-4-. The molecule has 0 amide bonds. The van der Waals surface area contributed by atoms with Crippen molar-refractivity contribution in [3.8, 4) is 0 Å². The van der Waals surface area contributed by atoms with E-state index in [-0.39, 0.29) is 11.4 Å². The normalized spacial score (nSPS) is 17.4. The Kier molecular flexibility index (Phi) is 4.90. The van der Waals surface area contributed by atoms with Gasteiger partial charge < -0.3 is 22.9 Å². The number of hydrogen-bond donors (Lipinski definition) is 4. The first-order valence-electron chi connectivity index (χ1n) is 4.37. The second-order valence-electron chi connectivity index (χ2n) is 3.08. The fourth-order valence-corrected chi connectivity index (χ4v) is 0.730. The molecule has 0 saturated heterocycles. The van der Waals surface area contributed by atoms with E-state index in [1.54, 1.807) is 6.92 Å². The molecule has 7 heteroatoms. The highest BCUT2D eigenvalue weighted by Gasteiger charge is 2.35. The number of halogens is 3. The van der Waals surface area contributed by atoms with Crippen LogP contribution in [0.25, 0.3) is 0 Å². The van der Waals surface area contributed by atoms with Crippen LogP contribution < -0.4 is 22.9 Å². The summed E-state index contributed by atoms with van der Waals surface area (Å²) in [7, 11) is 0. The van der Waals surface area contributed by atoms with Crippen LogP contribution in [-0.4, -0.2) is 12.2 Å². The summed E-state index contributed by atoms with van der Waals surface area (Å²) in [4.78, 5) is 0. The van der Waals surface area contributed by atoms with E-state index < -0.39 is 12.2 Å². The maximum absolute atomic E-state index is 12.1. The highest BCUT2D eigenvalue weighted by Crippen LogP contribution is 2.20. The van der Waals surface area contributed by atoms with Crippen molar-refractivity contribution in [1.82, 2.24) is 0 Å². The van der Waals surface area contributed by atoms with Crippen LogP contribution in [0, 0.1) is 0 Å². The molecule has 0 radical (unpaired) electrons. The fourth-order valence-electron chi connectivity index (χ4n) is 0.730. The molecule has 0 bridgehead atoms. The lowest BCUT2D eigenvalue weighted by Gasteiger charge is -2.12. The van der Waals surface area contributed by atoms with E-state index in [2.05, 4.69) is 0 Å². The van der Waals surface area contributed by atoms with Gasteiger partial charge in [-0.2, -0.15) is 13.2 Å². The Balaban J connectivity index is 4.87. The zero-order valence-electron chi connectivity index (χ0n) is 8.75. The number of allylic oxidation sites excluding steroid dienone is 2. The van der Waals surface area contributed by atoms with E-state index in [9.17, 15) is 13.2 Å². The van der Waals surface area contributed by atoms with Crippen LogP contribution in [0.3, 0.4) is 0 Å². The van der Waals surface area contributed by atoms with Crippen LogP contribution in [0.1, 0.15) is 6.92 Å². The van der Waals surface area contributed by atoms with Crippen molar-refractivity contribution < 1.29 is 13.2 Å². The van der Waals surface area contributed by atoms with Crippen molar-refractivity contribution in [2.24, 2.45) is 22.9 Å². The van der Waals surface area contributed by atoms with Crippen molar-refractivity contribution >= 4 is 0 Å². The molecule has 0 heterocycles. The Morgan fingerprint density at radius 2 is 1.62 bits per heavy atom. The third-order valence-corrected chi connectivity index (χ3v) is 1.73. The van der Waals surface area contributed by atoms with Crippen LogP contribution in [-0.2, 0) is 0 Å². The van der Waals surface area contributed by atoms with Gasteiger partial charge >= 0.3 is 6.18 Å². The SMILES string of the molecule is C\C=C(N)/C=C(N)\C(N)=C\C(N)C(F)(F)F. The summed E-state index contributed by atoms with van der Waals surface area (Å²) in [6.07, 6.45) is -1.12. The van der Waals surface area contributed by atoms with E-state index in [1.165, 1.54) is 12.2 Å². The number of alkyl halides is 3. The first-order valence-corrected chi connectivity index (χ1v) is 4.37. The van der Waals surface area contributed by atoms with Gasteiger partial charge in [0, 0.05) is 5.70 Å². The molecular weight excluding hydrogens is 221 g/mol. The maximum atomic E-state index is 12.1. The molecule has 0 aromatic rings. The highest BCUT2D eigenvalue weighted by molar-refractivity contribution is 5.32. The molecule has 0 aliphatic rings. The lowest BCUT2D eigenvalue weighted by Crippen LogP contribution is -2.36. The van der Waals surface area contributed by atoms with Gasteiger partial charge in [-0.05, 0) is 19.1 Å². The van der Waals surface area contributed by atoms with Gasteiger partial charge in [0.25, 0.3) is 0 Å². The minimum atomic E-state index is -4.54. The average molecular weight is 236 g/mol. The van der Waals surface area contributed by atoms with Gasteiger partial charge in [-0.25, -0.2) is 0 Å². The Morgan fingerprint density at radius 3 is 2.00 bits per heavy atom. The molecule has 0 rings (SSSR count). The molecule has 4 nitrogen and oxygen atoms in total. The van der Waals surface area contributed by atoms with Crippen molar-refractivity contribution in [3.63, 3.8) is 0 Å².